The molecule has 3 aromatic heterocycles. The van der Waals surface area contributed by atoms with Gasteiger partial charge < -0.3 is 9.32 Å². The molecule has 4 rings (SSSR count). The fourth-order valence-electron chi connectivity index (χ4n) is 3.35. The summed E-state index contributed by atoms with van der Waals surface area (Å²) in [5.74, 6) is 1.10. The van der Waals surface area contributed by atoms with Crippen molar-refractivity contribution in [3.8, 4) is 0 Å². The van der Waals surface area contributed by atoms with Crippen molar-refractivity contribution in [3.63, 3.8) is 0 Å². The number of aromatic nitrogens is 3. The van der Waals surface area contributed by atoms with Crippen LogP contribution in [0.15, 0.2) is 22.7 Å². The lowest BCUT2D eigenvalue weighted by Gasteiger charge is -2.24. The number of fused-ring (bicyclic) bond motifs is 2. The summed E-state index contributed by atoms with van der Waals surface area (Å²) in [6, 6.07) is 3.54. The van der Waals surface area contributed by atoms with Crippen LogP contribution in [0.3, 0.4) is 0 Å². The molecular weight excluding hydrogens is 347 g/mol. The monoisotopic (exact) mass is 370 g/mol. The van der Waals surface area contributed by atoms with E-state index in [9.17, 15) is 9.18 Å². The van der Waals surface area contributed by atoms with Gasteiger partial charge in [-0.25, -0.2) is 9.97 Å². The summed E-state index contributed by atoms with van der Waals surface area (Å²) in [6.07, 6.45) is 3.98. The number of imidazole rings is 1. The highest BCUT2D eigenvalue weighted by Crippen LogP contribution is 2.23. The topological polar surface area (TPSA) is 63.6 Å². The molecule has 4 heterocycles. The van der Waals surface area contributed by atoms with Crippen molar-refractivity contribution >= 4 is 11.6 Å². The summed E-state index contributed by atoms with van der Waals surface area (Å²) < 4.78 is 21.8. The Balaban J connectivity index is 1.55. The van der Waals surface area contributed by atoms with Crippen LogP contribution in [0.2, 0.25) is 0 Å². The Labute approximate surface area is 157 Å². The minimum Gasteiger partial charge on any atom is -0.445 e. The van der Waals surface area contributed by atoms with Gasteiger partial charge in [0.25, 0.3) is 5.91 Å². The van der Waals surface area contributed by atoms with Gasteiger partial charge in [-0.1, -0.05) is 13.8 Å². The summed E-state index contributed by atoms with van der Waals surface area (Å²) in [5.41, 5.74) is 2.03. The number of nitrogens with zero attached hydrogens (tertiary/aromatic N) is 4. The predicted octanol–water partition coefficient (Wildman–Crippen LogP) is 3.56. The summed E-state index contributed by atoms with van der Waals surface area (Å²) in [5, 5.41) is 0. The summed E-state index contributed by atoms with van der Waals surface area (Å²) >= 11 is 0. The number of hydrogen-bond acceptors (Lipinski definition) is 4. The summed E-state index contributed by atoms with van der Waals surface area (Å²) in [6.45, 7) is 7.02. The predicted molar refractivity (Wildman–Crippen MR) is 98.0 cm³/mol. The lowest BCUT2D eigenvalue weighted by atomic mass is 10.1. The quantitative estimate of drug-likeness (QED) is 0.704. The number of carbonyl (C=O) groups is 1. The molecule has 0 saturated carbocycles. The van der Waals surface area contributed by atoms with Crippen LogP contribution in [-0.2, 0) is 19.4 Å². The van der Waals surface area contributed by atoms with Gasteiger partial charge in [0.15, 0.2) is 11.6 Å². The number of carbonyl (C=O) groups excluding carboxylic acids is 1. The van der Waals surface area contributed by atoms with Gasteiger partial charge >= 0.3 is 0 Å². The number of amides is 1. The minimum atomic E-state index is -0.626. The number of pyridine rings is 1. The van der Waals surface area contributed by atoms with Crippen LogP contribution in [-0.4, -0.2) is 31.7 Å². The van der Waals surface area contributed by atoms with E-state index in [-0.39, 0.29) is 5.69 Å². The Bertz CT molecular complexity index is 1000. The zero-order valence-corrected chi connectivity index (χ0v) is 15.8. The molecule has 0 N–H and O–H groups in total. The summed E-state index contributed by atoms with van der Waals surface area (Å²) in [4.78, 5) is 23.2. The number of rotatable bonds is 4. The second-order valence-electron chi connectivity index (χ2n) is 7.57. The summed E-state index contributed by atoms with van der Waals surface area (Å²) in [7, 11) is 0. The van der Waals surface area contributed by atoms with Crippen molar-refractivity contribution in [1.82, 2.24) is 19.3 Å². The second-order valence-corrected chi connectivity index (χ2v) is 7.57. The average Bonchev–Trinajstić information content (AvgIpc) is 3.19. The molecule has 7 heteroatoms. The fourth-order valence-corrected chi connectivity index (χ4v) is 3.35. The SMILES string of the molecule is Cc1ccn2c(F)c(C(=O)N3CCc4oc(CCC(C)C)nc4C3)nc2c1. The number of hydrogen-bond donors (Lipinski definition) is 0. The van der Waals surface area contributed by atoms with E-state index in [1.807, 2.05) is 6.92 Å². The van der Waals surface area contributed by atoms with Crippen LogP contribution in [0.5, 0.6) is 0 Å². The van der Waals surface area contributed by atoms with Gasteiger partial charge in [-0.15, -0.1) is 0 Å². The molecule has 0 radical (unpaired) electrons. The van der Waals surface area contributed by atoms with E-state index in [2.05, 4.69) is 23.8 Å². The molecular formula is C20H23FN4O2. The largest absolute Gasteiger partial charge is 0.445 e. The van der Waals surface area contributed by atoms with E-state index in [1.165, 1.54) is 4.40 Å². The molecule has 3 aromatic rings. The van der Waals surface area contributed by atoms with Crippen LogP contribution in [0.4, 0.5) is 4.39 Å². The molecule has 0 atom stereocenters. The standard InChI is InChI=1S/C20H23FN4O2/c1-12(2)4-5-17-22-14-11-24(8-7-15(14)27-17)20(26)18-19(21)25-9-6-13(3)10-16(25)23-18/h6,9-10,12H,4-5,7-8,11H2,1-3H3. The van der Waals surface area contributed by atoms with Crippen molar-refractivity contribution in [1.29, 1.82) is 0 Å². The van der Waals surface area contributed by atoms with Crippen LogP contribution in [0.1, 0.15) is 53.7 Å². The van der Waals surface area contributed by atoms with Crippen LogP contribution >= 0.6 is 0 Å². The molecule has 0 bridgehead atoms. The van der Waals surface area contributed by atoms with Gasteiger partial charge in [-0.05, 0) is 37.0 Å². The Morgan fingerprint density at radius 3 is 2.96 bits per heavy atom. The maximum absolute atomic E-state index is 14.7. The van der Waals surface area contributed by atoms with Gasteiger partial charge in [-0.2, -0.15) is 4.39 Å². The van der Waals surface area contributed by atoms with Gasteiger partial charge in [0.05, 0.1) is 6.54 Å². The first-order valence-electron chi connectivity index (χ1n) is 9.33. The molecule has 1 amide bonds. The second kappa shape index (κ2) is 6.79. The Kier molecular flexibility index (Phi) is 4.45. The molecule has 1 aliphatic rings. The molecule has 0 fully saturated rings. The smallest absolute Gasteiger partial charge is 0.277 e. The molecule has 6 nitrogen and oxygen atoms in total. The molecule has 0 aliphatic carbocycles. The highest BCUT2D eigenvalue weighted by molar-refractivity contribution is 5.93. The maximum Gasteiger partial charge on any atom is 0.277 e. The van der Waals surface area contributed by atoms with E-state index in [0.717, 1.165) is 35.7 Å². The van der Waals surface area contributed by atoms with Crippen LogP contribution in [0.25, 0.3) is 5.65 Å². The van der Waals surface area contributed by atoms with Crippen LogP contribution < -0.4 is 0 Å². The molecule has 0 aromatic carbocycles. The van der Waals surface area contributed by atoms with E-state index >= 15 is 0 Å². The number of oxazole rings is 1. The Morgan fingerprint density at radius 1 is 1.37 bits per heavy atom. The molecule has 1 aliphatic heterocycles. The zero-order valence-electron chi connectivity index (χ0n) is 15.8. The first-order valence-corrected chi connectivity index (χ1v) is 9.33. The third-order valence-corrected chi connectivity index (χ3v) is 4.92. The number of aryl methyl sites for hydroxylation is 2. The van der Waals surface area contributed by atoms with E-state index in [4.69, 9.17) is 4.42 Å². The molecule has 27 heavy (non-hydrogen) atoms. The highest BCUT2D eigenvalue weighted by atomic mass is 19.1. The average molecular weight is 370 g/mol. The van der Waals surface area contributed by atoms with Crippen molar-refractivity contribution in [2.75, 3.05) is 6.54 Å². The third kappa shape index (κ3) is 3.34. The van der Waals surface area contributed by atoms with E-state index in [1.54, 1.807) is 23.2 Å². The minimum absolute atomic E-state index is 0.146. The van der Waals surface area contributed by atoms with Crippen molar-refractivity contribution in [2.45, 2.75) is 46.6 Å². The van der Waals surface area contributed by atoms with Gasteiger partial charge in [0.1, 0.15) is 17.1 Å². The van der Waals surface area contributed by atoms with Gasteiger partial charge in [0, 0.05) is 25.6 Å². The molecule has 0 saturated heterocycles. The number of halogens is 1. The molecule has 0 unspecified atom stereocenters. The Hall–Kier alpha value is -2.70. The van der Waals surface area contributed by atoms with E-state index in [0.29, 0.717) is 31.1 Å². The highest BCUT2D eigenvalue weighted by Gasteiger charge is 2.30. The normalized spacial score (nSPS) is 14.2. The lowest BCUT2D eigenvalue weighted by molar-refractivity contribution is 0.0717. The van der Waals surface area contributed by atoms with Crippen molar-refractivity contribution in [2.24, 2.45) is 5.92 Å². The lowest BCUT2D eigenvalue weighted by Crippen LogP contribution is -2.36. The van der Waals surface area contributed by atoms with Gasteiger partial charge in [-0.3, -0.25) is 9.20 Å². The van der Waals surface area contributed by atoms with Crippen LogP contribution in [0, 0.1) is 18.8 Å². The molecule has 142 valence electrons. The first-order chi connectivity index (χ1) is 12.9. The fraction of sp³-hybridized carbons (Fsp3) is 0.450. The molecule has 0 spiro atoms. The first kappa shape index (κ1) is 17.7. The maximum atomic E-state index is 14.7. The third-order valence-electron chi connectivity index (χ3n) is 4.92. The van der Waals surface area contributed by atoms with Crippen molar-refractivity contribution in [3.05, 3.63) is 52.9 Å². The Morgan fingerprint density at radius 2 is 2.19 bits per heavy atom. The van der Waals surface area contributed by atoms with Crippen molar-refractivity contribution < 1.29 is 13.6 Å². The van der Waals surface area contributed by atoms with Gasteiger partial charge in [0.2, 0.25) is 5.95 Å². The zero-order chi connectivity index (χ0) is 19.1. The van der Waals surface area contributed by atoms with E-state index < -0.39 is 11.9 Å².